The number of halogens is 1. The second kappa shape index (κ2) is 10.8. The Hall–Kier alpha value is -2.69. The van der Waals surface area contributed by atoms with Gasteiger partial charge in [-0.05, 0) is 37.1 Å². The number of nitrogens with zero attached hydrogens (tertiary/aromatic N) is 3. The molecule has 0 unspecified atom stereocenters. The number of rotatable bonds is 10. The highest BCUT2D eigenvalue weighted by Crippen LogP contribution is 2.27. The Bertz CT molecular complexity index is 1050. The summed E-state index contributed by atoms with van der Waals surface area (Å²) < 4.78 is 32.4. The molecular weight excluding hydrogens is 435 g/mol. The van der Waals surface area contributed by atoms with E-state index in [9.17, 15) is 9.18 Å². The Kier molecular flexibility index (Phi) is 7.56. The molecule has 3 heterocycles. The lowest BCUT2D eigenvalue weighted by molar-refractivity contribution is 0.0917. The Morgan fingerprint density at radius 1 is 1.31 bits per heavy atom. The van der Waals surface area contributed by atoms with Crippen molar-refractivity contribution < 1.29 is 23.1 Å². The van der Waals surface area contributed by atoms with Gasteiger partial charge in [0.1, 0.15) is 24.0 Å². The number of carbonyl (C=O) groups is 1. The van der Waals surface area contributed by atoms with Gasteiger partial charge in [0.2, 0.25) is 0 Å². The van der Waals surface area contributed by atoms with E-state index in [0.29, 0.717) is 42.0 Å². The van der Waals surface area contributed by atoms with Gasteiger partial charge < -0.3 is 19.2 Å². The zero-order chi connectivity index (χ0) is 22.3. The molecule has 10 heteroatoms. The number of benzene rings is 1. The number of hydrogen-bond acceptors (Lipinski definition) is 7. The van der Waals surface area contributed by atoms with Crippen LogP contribution in [0.15, 0.2) is 46.0 Å². The fourth-order valence-corrected chi connectivity index (χ4v) is 4.50. The molecule has 170 valence electrons. The number of ether oxygens (including phenoxy) is 2. The van der Waals surface area contributed by atoms with Crippen molar-refractivity contribution in [1.29, 1.82) is 0 Å². The highest BCUT2D eigenvalue weighted by molar-refractivity contribution is 7.99. The molecule has 2 aromatic heterocycles. The minimum absolute atomic E-state index is 0.171. The van der Waals surface area contributed by atoms with Gasteiger partial charge in [-0.15, -0.1) is 10.2 Å². The predicted molar refractivity (Wildman–Crippen MR) is 116 cm³/mol. The van der Waals surface area contributed by atoms with Crippen molar-refractivity contribution >= 4 is 17.7 Å². The van der Waals surface area contributed by atoms with E-state index in [2.05, 4.69) is 15.5 Å². The number of thioether (sulfide) groups is 1. The standard InChI is InChI=1S/C22H25FN4O4S/c1-29-13-15-8-9-19(31-15)21(28)24-11-10-20-25-26-22(32-14-16-5-4-12-30-16)27(20)18-7-3-2-6-17(18)23/h2-3,6-9,16H,4-5,10-14H2,1H3,(H,24,28)/t16-/m0/s1. The highest BCUT2D eigenvalue weighted by Gasteiger charge is 2.21. The minimum atomic E-state index is -0.363. The monoisotopic (exact) mass is 460 g/mol. The molecule has 0 radical (unpaired) electrons. The normalized spacial score (nSPS) is 15.9. The molecule has 1 amide bonds. The van der Waals surface area contributed by atoms with Gasteiger partial charge in [-0.3, -0.25) is 9.36 Å². The first-order valence-corrected chi connectivity index (χ1v) is 11.4. The zero-order valence-electron chi connectivity index (χ0n) is 17.8. The number of aromatic nitrogens is 3. The van der Waals surface area contributed by atoms with Crippen molar-refractivity contribution in [3.8, 4) is 5.69 Å². The van der Waals surface area contributed by atoms with Crippen LogP contribution in [0.25, 0.3) is 5.69 Å². The summed E-state index contributed by atoms with van der Waals surface area (Å²) in [6, 6.07) is 9.81. The van der Waals surface area contributed by atoms with E-state index in [1.165, 1.54) is 17.8 Å². The van der Waals surface area contributed by atoms with Crippen LogP contribution in [0.2, 0.25) is 0 Å². The third kappa shape index (κ3) is 5.37. The summed E-state index contributed by atoms with van der Waals surface area (Å²) in [5.74, 6) is 1.37. The van der Waals surface area contributed by atoms with E-state index in [-0.39, 0.29) is 23.6 Å². The van der Waals surface area contributed by atoms with Gasteiger partial charge in [-0.25, -0.2) is 4.39 Å². The maximum atomic E-state index is 14.6. The van der Waals surface area contributed by atoms with Crippen LogP contribution < -0.4 is 5.32 Å². The minimum Gasteiger partial charge on any atom is -0.453 e. The summed E-state index contributed by atoms with van der Waals surface area (Å²) >= 11 is 1.50. The van der Waals surface area contributed by atoms with Gasteiger partial charge in [-0.1, -0.05) is 23.9 Å². The molecular formula is C22H25FN4O4S. The van der Waals surface area contributed by atoms with Gasteiger partial charge in [-0.2, -0.15) is 0 Å². The topological polar surface area (TPSA) is 91.4 Å². The molecule has 1 fully saturated rings. The largest absolute Gasteiger partial charge is 0.453 e. The maximum absolute atomic E-state index is 14.6. The average Bonchev–Trinajstić information content (AvgIpc) is 3.54. The lowest BCUT2D eigenvalue weighted by Gasteiger charge is -2.13. The molecule has 8 nitrogen and oxygen atoms in total. The van der Waals surface area contributed by atoms with E-state index < -0.39 is 0 Å². The van der Waals surface area contributed by atoms with Crippen LogP contribution in [0.4, 0.5) is 4.39 Å². The number of hydrogen-bond donors (Lipinski definition) is 1. The number of para-hydroxylation sites is 1. The fraction of sp³-hybridized carbons (Fsp3) is 0.409. The number of amides is 1. The van der Waals surface area contributed by atoms with Gasteiger partial charge in [0, 0.05) is 32.4 Å². The van der Waals surface area contributed by atoms with Crippen LogP contribution in [0.3, 0.4) is 0 Å². The molecule has 1 aliphatic heterocycles. The van der Waals surface area contributed by atoms with Gasteiger partial charge >= 0.3 is 0 Å². The molecule has 1 aliphatic rings. The molecule has 1 aromatic carbocycles. The lowest BCUT2D eigenvalue weighted by atomic mass is 10.3. The molecule has 0 aliphatic carbocycles. The first kappa shape index (κ1) is 22.5. The summed E-state index contributed by atoms with van der Waals surface area (Å²) in [7, 11) is 1.56. The van der Waals surface area contributed by atoms with Crippen LogP contribution >= 0.6 is 11.8 Å². The second-order valence-corrected chi connectivity index (χ2v) is 8.32. The van der Waals surface area contributed by atoms with E-state index in [1.807, 2.05) is 0 Å². The summed E-state index contributed by atoms with van der Waals surface area (Å²) in [6.45, 7) is 1.37. The molecule has 3 aromatic rings. The smallest absolute Gasteiger partial charge is 0.287 e. The summed E-state index contributed by atoms with van der Waals surface area (Å²) in [5, 5.41) is 12.0. The molecule has 32 heavy (non-hydrogen) atoms. The van der Waals surface area contributed by atoms with Gasteiger partial charge in [0.05, 0.1) is 11.8 Å². The third-order valence-corrected chi connectivity index (χ3v) is 6.08. The van der Waals surface area contributed by atoms with Crippen LogP contribution in [0.5, 0.6) is 0 Å². The number of carbonyl (C=O) groups excluding carboxylic acids is 1. The van der Waals surface area contributed by atoms with Crippen molar-refractivity contribution in [2.75, 3.05) is 26.0 Å². The molecule has 1 saturated heterocycles. The Balaban J connectivity index is 1.45. The summed E-state index contributed by atoms with van der Waals surface area (Å²) in [5.41, 5.74) is 0.379. The zero-order valence-corrected chi connectivity index (χ0v) is 18.6. The van der Waals surface area contributed by atoms with Crippen LogP contribution in [-0.2, 0) is 22.5 Å². The van der Waals surface area contributed by atoms with E-state index >= 15 is 0 Å². The van der Waals surface area contributed by atoms with Crippen LogP contribution in [-0.4, -0.2) is 52.8 Å². The van der Waals surface area contributed by atoms with Gasteiger partial charge in [0.15, 0.2) is 10.9 Å². The number of nitrogens with one attached hydrogen (secondary N) is 1. The highest BCUT2D eigenvalue weighted by atomic mass is 32.2. The van der Waals surface area contributed by atoms with E-state index in [1.54, 1.807) is 42.0 Å². The van der Waals surface area contributed by atoms with E-state index in [4.69, 9.17) is 13.9 Å². The fourth-order valence-electron chi connectivity index (χ4n) is 3.47. The van der Waals surface area contributed by atoms with Crippen molar-refractivity contribution in [2.24, 2.45) is 0 Å². The first-order valence-electron chi connectivity index (χ1n) is 10.4. The van der Waals surface area contributed by atoms with Gasteiger partial charge in [0.25, 0.3) is 5.91 Å². The molecule has 1 N–H and O–H groups in total. The second-order valence-electron chi connectivity index (χ2n) is 7.34. The lowest BCUT2D eigenvalue weighted by Crippen LogP contribution is -2.26. The van der Waals surface area contributed by atoms with E-state index in [0.717, 1.165) is 25.2 Å². The molecule has 0 spiro atoms. The third-order valence-electron chi connectivity index (χ3n) is 5.02. The first-order chi connectivity index (χ1) is 15.7. The SMILES string of the molecule is COCc1ccc(C(=O)NCCc2nnc(SC[C@@H]3CCCO3)n2-c2ccccc2F)o1. The Labute approximate surface area is 189 Å². The summed E-state index contributed by atoms with van der Waals surface area (Å²) in [6.07, 6.45) is 2.61. The Morgan fingerprint density at radius 3 is 2.97 bits per heavy atom. The molecule has 4 rings (SSSR count). The van der Waals surface area contributed by atoms with Crippen LogP contribution in [0.1, 0.15) is 35.0 Å². The van der Waals surface area contributed by atoms with Crippen molar-refractivity contribution in [1.82, 2.24) is 20.1 Å². The maximum Gasteiger partial charge on any atom is 0.287 e. The van der Waals surface area contributed by atoms with Crippen molar-refractivity contribution in [3.63, 3.8) is 0 Å². The average molecular weight is 461 g/mol. The molecule has 0 saturated carbocycles. The summed E-state index contributed by atoms with van der Waals surface area (Å²) in [4.78, 5) is 12.3. The quantitative estimate of drug-likeness (QED) is 0.464. The predicted octanol–water partition coefficient (Wildman–Crippen LogP) is 3.39. The molecule has 1 atom stereocenters. The molecule has 0 bridgehead atoms. The van der Waals surface area contributed by atoms with Crippen molar-refractivity contribution in [3.05, 3.63) is 59.6 Å². The number of furan rings is 1. The number of methoxy groups -OCH3 is 1. The Morgan fingerprint density at radius 2 is 2.19 bits per heavy atom. The van der Waals surface area contributed by atoms with Crippen molar-refractivity contribution in [2.45, 2.75) is 37.1 Å². The van der Waals surface area contributed by atoms with Crippen LogP contribution in [0, 0.1) is 5.82 Å².